The van der Waals surface area contributed by atoms with E-state index < -0.39 is 11.7 Å². The van der Waals surface area contributed by atoms with Crippen molar-refractivity contribution in [2.45, 2.75) is 20.0 Å². The van der Waals surface area contributed by atoms with Crippen molar-refractivity contribution < 1.29 is 13.2 Å². The van der Waals surface area contributed by atoms with E-state index in [4.69, 9.17) is 23.2 Å². The molecule has 8 heteroatoms. The highest BCUT2D eigenvalue weighted by Gasteiger charge is 2.29. The molecule has 0 spiro atoms. The van der Waals surface area contributed by atoms with Gasteiger partial charge in [0.2, 0.25) is 0 Å². The minimum atomic E-state index is -4.36. The summed E-state index contributed by atoms with van der Waals surface area (Å²) in [6.07, 6.45) is -2.75. The van der Waals surface area contributed by atoms with Crippen LogP contribution in [0.2, 0.25) is 10.0 Å². The predicted octanol–water partition coefficient (Wildman–Crippen LogP) is 6.87. The van der Waals surface area contributed by atoms with Gasteiger partial charge in [-0.05, 0) is 62.4 Å². The molecule has 0 atom stereocenters. The first-order chi connectivity index (χ1) is 13.2. The van der Waals surface area contributed by atoms with Gasteiger partial charge in [0, 0.05) is 22.0 Å². The lowest BCUT2D eigenvalue weighted by Crippen LogP contribution is -2.04. The van der Waals surface area contributed by atoms with Gasteiger partial charge in [0.25, 0.3) is 0 Å². The van der Waals surface area contributed by atoms with Crippen molar-refractivity contribution in [1.82, 2.24) is 4.57 Å². The monoisotopic (exact) mass is 425 g/mol. The third-order valence-corrected chi connectivity index (χ3v) is 4.77. The van der Waals surface area contributed by atoms with Crippen molar-refractivity contribution in [2.24, 2.45) is 5.10 Å². The molecule has 3 aromatic rings. The van der Waals surface area contributed by atoms with Gasteiger partial charge in [-0.1, -0.05) is 23.2 Å². The molecule has 1 N–H and O–H groups in total. The molecule has 0 aliphatic carbocycles. The number of aromatic nitrogens is 1. The normalized spacial score (nSPS) is 12.0. The number of nitrogens with one attached hydrogen (secondary N) is 1. The molecule has 0 saturated carbocycles. The van der Waals surface area contributed by atoms with E-state index in [1.807, 2.05) is 30.5 Å². The molecule has 0 fully saturated rings. The second-order valence-corrected chi connectivity index (χ2v) is 7.05. The second kappa shape index (κ2) is 7.89. The molecule has 146 valence electrons. The Labute approximate surface area is 170 Å². The number of alkyl halides is 3. The van der Waals surface area contributed by atoms with Crippen LogP contribution in [0.4, 0.5) is 18.9 Å². The van der Waals surface area contributed by atoms with Gasteiger partial charge in [0.05, 0.1) is 28.2 Å². The summed E-state index contributed by atoms with van der Waals surface area (Å²) >= 11 is 12.3. The minimum absolute atomic E-state index is 0.457. The molecule has 0 unspecified atom stereocenters. The minimum Gasteiger partial charge on any atom is -0.316 e. The molecule has 0 radical (unpaired) electrons. The Morgan fingerprint density at radius 3 is 2.29 bits per heavy atom. The molecule has 0 aliphatic rings. The SMILES string of the molecule is Cc1cc(/C=N/Nc2ccc(C(F)(F)F)cc2)c(C)n1-c1ccc(Cl)cc1Cl. The first kappa shape index (κ1) is 20.3. The van der Waals surface area contributed by atoms with Crippen molar-refractivity contribution in [2.75, 3.05) is 5.43 Å². The standard InChI is InChI=1S/C20H16Cl2F3N3/c1-12-9-14(13(2)28(12)19-8-5-16(21)10-18(19)22)11-26-27-17-6-3-15(4-7-17)20(23,24)25/h3-11,27H,1-2H3/b26-11+. The van der Waals surface area contributed by atoms with Gasteiger partial charge in [0.1, 0.15) is 0 Å². The van der Waals surface area contributed by atoms with Gasteiger partial charge in [-0.15, -0.1) is 0 Å². The summed E-state index contributed by atoms with van der Waals surface area (Å²) in [5.74, 6) is 0. The Balaban J connectivity index is 1.80. The topological polar surface area (TPSA) is 29.3 Å². The number of hydrazone groups is 1. The predicted molar refractivity (Wildman–Crippen MR) is 108 cm³/mol. The Morgan fingerprint density at radius 1 is 1.00 bits per heavy atom. The van der Waals surface area contributed by atoms with E-state index in [2.05, 4.69) is 10.5 Å². The van der Waals surface area contributed by atoms with Crippen LogP contribution in [0, 0.1) is 13.8 Å². The summed E-state index contributed by atoms with van der Waals surface area (Å²) in [6, 6.07) is 11.9. The zero-order valence-corrected chi connectivity index (χ0v) is 16.5. The first-order valence-corrected chi connectivity index (χ1v) is 9.03. The summed E-state index contributed by atoms with van der Waals surface area (Å²) < 4.78 is 39.8. The number of anilines is 1. The van der Waals surface area contributed by atoms with Gasteiger partial charge < -0.3 is 4.57 Å². The van der Waals surface area contributed by atoms with Crippen LogP contribution in [0.25, 0.3) is 5.69 Å². The molecule has 3 rings (SSSR count). The maximum Gasteiger partial charge on any atom is 0.416 e. The van der Waals surface area contributed by atoms with Crippen molar-refractivity contribution in [1.29, 1.82) is 0 Å². The molecule has 2 aromatic carbocycles. The Bertz CT molecular complexity index is 1020. The highest BCUT2D eigenvalue weighted by molar-refractivity contribution is 6.35. The molecule has 0 bridgehead atoms. The average Bonchev–Trinajstić information content (AvgIpc) is 2.89. The van der Waals surface area contributed by atoms with Crippen LogP contribution in [0.3, 0.4) is 0 Å². The van der Waals surface area contributed by atoms with Gasteiger partial charge in [-0.3, -0.25) is 5.43 Å². The van der Waals surface area contributed by atoms with E-state index in [9.17, 15) is 13.2 Å². The first-order valence-electron chi connectivity index (χ1n) is 8.27. The van der Waals surface area contributed by atoms with Gasteiger partial charge in [-0.25, -0.2) is 0 Å². The number of hydrogen-bond donors (Lipinski definition) is 1. The summed E-state index contributed by atoms with van der Waals surface area (Å²) in [5.41, 5.74) is 6.01. The molecular weight excluding hydrogens is 410 g/mol. The molecule has 0 aliphatic heterocycles. The quantitative estimate of drug-likeness (QED) is 0.358. The van der Waals surface area contributed by atoms with E-state index in [1.165, 1.54) is 12.1 Å². The Hall–Kier alpha value is -2.44. The third kappa shape index (κ3) is 4.34. The number of hydrogen-bond acceptors (Lipinski definition) is 2. The molecule has 1 aromatic heterocycles. The van der Waals surface area contributed by atoms with E-state index in [0.717, 1.165) is 34.8 Å². The Morgan fingerprint density at radius 2 is 1.68 bits per heavy atom. The second-order valence-electron chi connectivity index (χ2n) is 6.20. The van der Waals surface area contributed by atoms with Crippen LogP contribution in [0.5, 0.6) is 0 Å². The Kier molecular flexibility index (Phi) is 5.72. The summed E-state index contributed by atoms with van der Waals surface area (Å²) in [5, 5.41) is 5.21. The lowest BCUT2D eigenvalue weighted by atomic mass is 10.2. The zero-order chi connectivity index (χ0) is 20.5. The molecule has 3 nitrogen and oxygen atoms in total. The van der Waals surface area contributed by atoms with E-state index >= 15 is 0 Å². The third-order valence-electron chi connectivity index (χ3n) is 4.23. The smallest absolute Gasteiger partial charge is 0.316 e. The van der Waals surface area contributed by atoms with Crippen molar-refractivity contribution in [3.8, 4) is 5.69 Å². The number of aryl methyl sites for hydroxylation is 1. The molecule has 1 heterocycles. The van der Waals surface area contributed by atoms with E-state index in [1.54, 1.807) is 18.3 Å². The fourth-order valence-corrected chi connectivity index (χ4v) is 3.35. The van der Waals surface area contributed by atoms with Crippen LogP contribution in [-0.2, 0) is 6.18 Å². The van der Waals surface area contributed by atoms with Crippen LogP contribution in [0.15, 0.2) is 53.6 Å². The van der Waals surface area contributed by atoms with Crippen LogP contribution in [0.1, 0.15) is 22.5 Å². The molecule has 0 saturated heterocycles. The number of halogens is 5. The van der Waals surface area contributed by atoms with E-state index in [-0.39, 0.29) is 0 Å². The van der Waals surface area contributed by atoms with Gasteiger partial charge >= 0.3 is 6.18 Å². The summed E-state index contributed by atoms with van der Waals surface area (Å²) in [6.45, 7) is 3.87. The van der Waals surface area contributed by atoms with Crippen molar-refractivity contribution in [3.05, 3.63) is 81.1 Å². The largest absolute Gasteiger partial charge is 0.416 e. The average molecular weight is 426 g/mol. The maximum atomic E-state index is 12.6. The molecule has 28 heavy (non-hydrogen) atoms. The maximum absolute atomic E-state index is 12.6. The highest BCUT2D eigenvalue weighted by Crippen LogP contribution is 2.30. The van der Waals surface area contributed by atoms with Crippen molar-refractivity contribution in [3.63, 3.8) is 0 Å². The van der Waals surface area contributed by atoms with Crippen LogP contribution in [-0.4, -0.2) is 10.8 Å². The number of nitrogens with zero attached hydrogens (tertiary/aromatic N) is 2. The number of rotatable bonds is 4. The zero-order valence-electron chi connectivity index (χ0n) is 15.0. The lowest BCUT2D eigenvalue weighted by molar-refractivity contribution is -0.137. The van der Waals surface area contributed by atoms with Crippen molar-refractivity contribution >= 4 is 35.1 Å². The fourth-order valence-electron chi connectivity index (χ4n) is 2.86. The fraction of sp³-hybridized carbons (Fsp3) is 0.150. The van der Waals surface area contributed by atoms with Crippen LogP contribution >= 0.6 is 23.2 Å². The van der Waals surface area contributed by atoms with E-state index in [0.29, 0.717) is 15.7 Å². The molecular formula is C20H16Cl2F3N3. The van der Waals surface area contributed by atoms with Gasteiger partial charge in [0.15, 0.2) is 0 Å². The lowest BCUT2D eigenvalue weighted by Gasteiger charge is -2.11. The number of benzene rings is 2. The highest BCUT2D eigenvalue weighted by atomic mass is 35.5. The summed E-state index contributed by atoms with van der Waals surface area (Å²) in [7, 11) is 0. The van der Waals surface area contributed by atoms with Crippen LogP contribution < -0.4 is 5.43 Å². The molecule has 0 amide bonds. The van der Waals surface area contributed by atoms with Gasteiger partial charge in [-0.2, -0.15) is 18.3 Å². The summed E-state index contributed by atoms with van der Waals surface area (Å²) in [4.78, 5) is 0.